The average molecular weight is 206 g/mol. The van der Waals surface area contributed by atoms with Crippen LogP contribution in [-0.4, -0.2) is 40.5 Å². The minimum atomic E-state index is -0.393. The molecule has 1 aliphatic heterocycles. The lowest BCUT2D eigenvalue weighted by atomic mass is 10.1. The monoisotopic (exact) mass is 205 g/mol. The van der Waals surface area contributed by atoms with E-state index in [9.17, 15) is 9.90 Å². The van der Waals surface area contributed by atoms with Gasteiger partial charge in [0.15, 0.2) is 0 Å². The molecule has 13 heavy (non-hydrogen) atoms. The number of likely N-dealkylation sites (tertiary alicyclic amines) is 1. The lowest BCUT2D eigenvalue weighted by molar-refractivity contribution is -0.132. The molecule has 0 aliphatic carbocycles. The zero-order chi connectivity index (χ0) is 9.84. The highest BCUT2D eigenvalue weighted by atomic mass is 35.5. The highest BCUT2D eigenvalue weighted by Gasteiger charge is 2.24. The van der Waals surface area contributed by atoms with Gasteiger partial charge in [-0.1, -0.05) is 6.92 Å². The summed E-state index contributed by atoms with van der Waals surface area (Å²) in [5.74, 6) is 0.0102. The van der Waals surface area contributed by atoms with Crippen LogP contribution in [0.25, 0.3) is 0 Å². The van der Waals surface area contributed by atoms with E-state index in [0.717, 1.165) is 0 Å². The van der Waals surface area contributed by atoms with Crippen molar-refractivity contribution < 1.29 is 9.90 Å². The Kier molecular flexibility index (Phi) is 4.00. The minimum absolute atomic E-state index is 0.0102. The molecule has 1 saturated heterocycles. The van der Waals surface area contributed by atoms with Crippen molar-refractivity contribution in [3.8, 4) is 0 Å². The van der Waals surface area contributed by atoms with Crippen molar-refractivity contribution in [2.24, 2.45) is 0 Å². The van der Waals surface area contributed by atoms with Gasteiger partial charge in [-0.25, -0.2) is 0 Å². The molecule has 1 heterocycles. The Hall–Kier alpha value is -0.280. The number of carbonyl (C=O) groups excluding carboxylic acids is 1. The normalized spacial score (nSPS) is 21.6. The summed E-state index contributed by atoms with van der Waals surface area (Å²) in [6, 6.07) is 0. The van der Waals surface area contributed by atoms with Gasteiger partial charge < -0.3 is 10.0 Å². The molecular weight excluding hydrogens is 190 g/mol. The molecule has 1 aliphatic rings. The fraction of sp³-hybridized carbons (Fsp3) is 0.889. The van der Waals surface area contributed by atoms with Gasteiger partial charge in [-0.15, -0.1) is 11.6 Å². The third kappa shape index (κ3) is 2.85. The van der Waals surface area contributed by atoms with E-state index in [4.69, 9.17) is 11.6 Å². The Morgan fingerprint density at radius 3 is 2.62 bits per heavy atom. The van der Waals surface area contributed by atoms with Crippen molar-refractivity contribution in [3.63, 3.8) is 0 Å². The molecule has 0 saturated carbocycles. The standard InChI is InChI=1S/C9H16ClNO2/c1-2-8(10)9(13)11-5-3-7(12)4-6-11/h7-8,12H,2-6H2,1H3. The number of aliphatic hydroxyl groups is 1. The number of aliphatic hydroxyl groups excluding tert-OH is 1. The van der Waals surface area contributed by atoms with Crippen LogP contribution in [0.5, 0.6) is 0 Å². The van der Waals surface area contributed by atoms with E-state index in [-0.39, 0.29) is 12.0 Å². The van der Waals surface area contributed by atoms with Crippen LogP contribution in [0.15, 0.2) is 0 Å². The molecule has 0 aromatic heterocycles. The molecule has 76 valence electrons. The summed E-state index contributed by atoms with van der Waals surface area (Å²) < 4.78 is 0. The molecule has 1 rings (SSSR count). The van der Waals surface area contributed by atoms with Crippen LogP contribution in [0, 0.1) is 0 Å². The molecule has 1 unspecified atom stereocenters. The second-order valence-corrected chi connectivity index (χ2v) is 3.96. The Morgan fingerprint density at radius 2 is 2.15 bits per heavy atom. The molecule has 1 atom stereocenters. The van der Waals surface area contributed by atoms with Crippen LogP contribution >= 0.6 is 11.6 Å². The van der Waals surface area contributed by atoms with Crippen LogP contribution in [0.4, 0.5) is 0 Å². The maximum atomic E-state index is 11.5. The van der Waals surface area contributed by atoms with E-state index in [2.05, 4.69) is 0 Å². The van der Waals surface area contributed by atoms with Crippen molar-refractivity contribution in [2.45, 2.75) is 37.7 Å². The number of piperidine rings is 1. The number of alkyl halides is 1. The number of rotatable bonds is 2. The molecule has 1 amide bonds. The molecule has 0 aromatic carbocycles. The minimum Gasteiger partial charge on any atom is -0.393 e. The Bertz CT molecular complexity index is 178. The second kappa shape index (κ2) is 4.82. The maximum absolute atomic E-state index is 11.5. The number of halogens is 1. The number of amides is 1. The molecule has 1 N–H and O–H groups in total. The van der Waals surface area contributed by atoms with Crippen molar-refractivity contribution >= 4 is 17.5 Å². The summed E-state index contributed by atoms with van der Waals surface area (Å²) in [5, 5.41) is 8.84. The van der Waals surface area contributed by atoms with Crippen LogP contribution in [0.3, 0.4) is 0 Å². The lowest BCUT2D eigenvalue weighted by Crippen LogP contribution is -2.43. The largest absolute Gasteiger partial charge is 0.393 e. The Morgan fingerprint density at radius 1 is 1.62 bits per heavy atom. The number of hydrogen-bond donors (Lipinski definition) is 1. The first-order chi connectivity index (χ1) is 6.15. The molecular formula is C9H16ClNO2. The predicted molar refractivity (Wildman–Crippen MR) is 51.8 cm³/mol. The summed E-state index contributed by atoms with van der Waals surface area (Å²) in [7, 11) is 0. The first-order valence-electron chi connectivity index (χ1n) is 4.76. The van der Waals surface area contributed by atoms with Gasteiger partial charge in [0.1, 0.15) is 5.38 Å². The zero-order valence-corrected chi connectivity index (χ0v) is 8.63. The molecule has 3 nitrogen and oxygen atoms in total. The predicted octanol–water partition coefficient (Wildman–Crippen LogP) is 0.987. The molecule has 0 bridgehead atoms. The summed E-state index contributed by atoms with van der Waals surface area (Å²) in [5.41, 5.74) is 0. The SMILES string of the molecule is CCC(Cl)C(=O)N1CCC(O)CC1. The van der Waals surface area contributed by atoms with Gasteiger partial charge in [0.25, 0.3) is 0 Å². The van der Waals surface area contributed by atoms with Gasteiger partial charge in [0, 0.05) is 13.1 Å². The van der Waals surface area contributed by atoms with Crippen LogP contribution in [0.2, 0.25) is 0 Å². The number of nitrogens with zero attached hydrogens (tertiary/aromatic N) is 1. The lowest BCUT2D eigenvalue weighted by Gasteiger charge is -2.30. The summed E-state index contributed by atoms with van der Waals surface area (Å²) in [6.07, 6.45) is 1.79. The van der Waals surface area contributed by atoms with Crippen molar-refractivity contribution in [1.82, 2.24) is 4.90 Å². The molecule has 4 heteroatoms. The first kappa shape index (κ1) is 10.8. The van der Waals surface area contributed by atoms with Gasteiger partial charge in [-0.3, -0.25) is 4.79 Å². The highest BCUT2D eigenvalue weighted by molar-refractivity contribution is 6.30. The fourth-order valence-corrected chi connectivity index (χ4v) is 1.60. The van der Waals surface area contributed by atoms with Crippen molar-refractivity contribution in [3.05, 3.63) is 0 Å². The molecule has 0 aromatic rings. The summed E-state index contributed by atoms with van der Waals surface area (Å²) in [6.45, 7) is 3.18. The fourth-order valence-electron chi connectivity index (χ4n) is 1.46. The van der Waals surface area contributed by atoms with Crippen molar-refractivity contribution in [1.29, 1.82) is 0 Å². The van der Waals surface area contributed by atoms with Gasteiger partial charge in [0.2, 0.25) is 5.91 Å². The third-order valence-corrected chi connectivity index (χ3v) is 2.90. The highest BCUT2D eigenvalue weighted by Crippen LogP contribution is 2.14. The zero-order valence-electron chi connectivity index (χ0n) is 7.87. The molecule has 1 fully saturated rings. The van der Waals surface area contributed by atoms with Crippen LogP contribution in [-0.2, 0) is 4.79 Å². The van der Waals surface area contributed by atoms with E-state index in [1.807, 2.05) is 6.92 Å². The molecule has 0 spiro atoms. The van der Waals surface area contributed by atoms with Crippen LogP contribution in [0.1, 0.15) is 26.2 Å². The van der Waals surface area contributed by atoms with Crippen molar-refractivity contribution in [2.75, 3.05) is 13.1 Å². The van der Waals surface area contributed by atoms with E-state index in [1.165, 1.54) is 0 Å². The second-order valence-electron chi connectivity index (χ2n) is 3.43. The van der Waals surface area contributed by atoms with Gasteiger partial charge in [-0.05, 0) is 19.3 Å². The third-order valence-electron chi connectivity index (χ3n) is 2.40. The smallest absolute Gasteiger partial charge is 0.240 e. The van der Waals surface area contributed by atoms with E-state index in [0.29, 0.717) is 32.4 Å². The van der Waals surface area contributed by atoms with Gasteiger partial charge in [-0.2, -0.15) is 0 Å². The number of hydrogen-bond acceptors (Lipinski definition) is 2. The molecule has 0 radical (unpaired) electrons. The summed E-state index contributed by atoms with van der Waals surface area (Å²) in [4.78, 5) is 13.3. The van der Waals surface area contributed by atoms with Crippen LogP contribution < -0.4 is 0 Å². The van der Waals surface area contributed by atoms with E-state index in [1.54, 1.807) is 4.90 Å². The van der Waals surface area contributed by atoms with E-state index < -0.39 is 5.38 Å². The van der Waals surface area contributed by atoms with E-state index >= 15 is 0 Å². The first-order valence-corrected chi connectivity index (χ1v) is 5.19. The summed E-state index contributed by atoms with van der Waals surface area (Å²) >= 11 is 5.83. The maximum Gasteiger partial charge on any atom is 0.240 e. The average Bonchev–Trinajstić information content (AvgIpc) is 2.17. The Balaban J connectivity index is 2.40. The quantitative estimate of drug-likeness (QED) is 0.683. The topological polar surface area (TPSA) is 40.5 Å². The van der Waals surface area contributed by atoms with Gasteiger partial charge >= 0.3 is 0 Å². The Labute approximate surface area is 83.7 Å². The number of carbonyl (C=O) groups is 1. The van der Waals surface area contributed by atoms with Gasteiger partial charge in [0.05, 0.1) is 6.10 Å².